The van der Waals surface area contributed by atoms with E-state index in [-0.39, 0.29) is 5.82 Å². The van der Waals surface area contributed by atoms with Crippen molar-refractivity contribution in [2.24, 2.45) is 0 Å². The summed E-state index contributed by atoms with van der Waals surface area (Å²) in [6, 6.07) is 24.4. The topological polar surface area (TPSA) is 94.3 Å². The zero-order valence-corrected chi connectivity index (χ0v) is 20.0. The summed E-state index contributed by atoms with van der Waals surface area (Å²) in [6.07, 6.45) is -0.604. The predicted octanol–water partition coefficient (Wildman–Crippen LogP) is 6.30. The molecular weight excluding hydrogens is 499 g/mol. The van der Waals surface area contributed by atoms with Crippen molar-refractivity contribution < 1.29 is 13.9 Å². The van der Waals surface area contributed by atoms with Gasteiger partial charge in [0.25, 0.3) is 0 Å². The molecule has 1 amide bonds. The fraction of sp³-hybridized carbons (Fsp3) is 0. The number of amides is 1. The first-order valence-corrected chi connectivity index (χ1v) is 12.3. The molecule has 8 nitrogen and oxygen atoms in total. The maximum Gasteiger partial charge on any atom is 0.418 e. The van der Waals surface area contributed by atoms with Crippen LogP contribution in [0, 0.1) is 5.82 Å². The number of rotatable bonds is 5. The zero-order chi connectivity index (χ0) is 24.5. The Kier molecular flexibility index (Phi) is 5.76. The fourth-order valence-corrected chi connectivity index (χ4v) is 5.23. The summed E-state index contributed by atoms with van der Waals surface area (Å²) in [5, 5.41) is 16.8. The molecule has 0 unspecified atom stereocenters. The number of hydrogen-bond acceptors (Lipinski definition) is 8. The molecule has 1 N–H and O–H groups in total. The first kappa shape index (κ1) is 22.1. The van der Waals surface area contributed by atoms with Gasteiger partial charge in [0.15, 0.2) is 10.8 Å². The second-order valence-corrected chi connectivity index (χ2v) is 9.63. The van der Waals surface area contributed by atoms with E-state index >= 15 is 0 Å². The highest BCUT2D eigenvalue weighted by atomic mass is 32.2. The van der Waals surface area contributed by atoms with Gasteiger partial charge < -0.3 is 4.74 Å². The summed E-state index contributed by atoms with van der Waals surface area (Å²) in [5.41, 5.74) is 2.83. The Bertz CT molecular complexity index is 1700. The van der Waals surface area contributed by atoms with Crippen molar-refractivity contribution in [1.82, 2.24) is 24.8 Å². The van der Waals surface area contributed by atoms with E-state index < -0.39 is 6.09 Å². The van der Waals surface area contributed by atoms with Crippen molar-refractivity contribution in [3.05, 3.63) is 90.7 Å². The van der Waals surface area contributed by atoms with Gasteiger partial charge in [0.05, 0.1) is 15.9 Å². The minimum Gasteiger partial charge on any atom is -0.410 e. The Morgan fingerprint density at radius 2 is 1.81 bits per heavy atom. The summed E-state index contributed by atoms with van der Waals surface area (Å²) in [4.78, 5) is 17.6. The summed E-state index contributed by atoms with van der Waals surface area (Å²) in [6.45, 7) is 0. The van der Waals surface area contributed by atoms with Gasteiger partial charge in [-0.05, 0) is 78.5 Å². The van der Waals surface area contributed by atoms with Gasteiger partial charge in [0.2, 0.25) is 5.16 Å². The number of carbonyl (C=O) groups excluding carboxylic acids is 1. The maximum absolute atomic E-state index is 13.3. The van der Waals surface area contributed by atoms with Crippen molar-refractivity contribution in [2.75, 3.05) is 5.32 Å². The van der Waals surface area contributed by atoms with Crippen molar-refractivity contribution in [3.63, 3.8) is 0 Å². The number of para-hydroxylation sites is 1. The van der Waals surface area contributed by atoms with Crippen LogP contribution >= 0.6 is 23.1 Å². The largest absolute Gasteiger partial charge is 0.418 e. The van der Waals surface area contributed by atoms with Gasteiger partial charge in [0.1, 0.15) is 11.6 Å². The number of benzene rings is 3. The fourth-order valence-electron chi connectivity index (χ4n) is 3.44. The number of anilines is 1. The molecular formula is C25H15FN6O2S2. The second-order valence-electron chi connectivity index (χ2n) is 7.56. The second kappa shape index (κ2) is 9.36. The van der Waals surface area contributed by atoms with E-state index in [1.807, 2.05) is 36.4 Å². The third-order valence-electron chi connectivity index (χ3n) is 5.11. The lowest BCUT2D eigenvalue weighted by molar-refractivity contribution is 0.215. The first-order chi connectivity index (χ1) is 17.6. The van der Waals surface area contributed by atoms with Crippen LogP contribution in [0.2, 0.25) is 0 Å². The molecule has 0 radical (unpaired) electrons. The smallest absolute Gasteiger partial charge is 0.410 e. The van der Waals surface area contributed by atoms with Gasteiger partial charge in [-0.3, -0.25) is 5.32 Å². The van der Waals surface area contributed by atoms with Crippen LogP contribution < -0.4 is 10.1 Å². The average molecular weight is 515 g/mol. The number of carbonyl (C=O) groups is 1. The number of thiazole rings is 1. The van der Waals surface area contributed by atoms with Crippen molar-refractivity contribution >= 4 is 50.2 Å². The first-order valence-electron chi connectivity index (χ1n) is 10.7. The zero-order valence-electron chi connectivity index (χ0n) is 18.3. The molecule has 0 saturated carbocycles. The summed E-state index contributed by atoms with van der Waals surface area (Å²) in [5.74, 6) is 0.150. The Hall–Kier alpha value is -4.35. The van der Waals surface area contributed by atoms with E-state index in [4.69, 9.17) is 4.74 Å². The van der Waals surface area contributed by atoms with Gasteiger partial charge in [-0.2, -0.15) is 9.61 Å². The highest BCUT2D eigenvalue weighted by molar-refractivity contribution is 7.99. The molecule has 0 aliphatic rings. The normalized spacial score (nSPS) is 11.1. The molecule has 0 aliphatic carbocycles. The lowest BCUT2D eigenvalue weighted by Gasteiger charge is -2.03. The number of hydrogen-bond donors (Lipinski definition) is 1. The van der Waals surface area contributed by atoms with E-state index in [0.29, 0.717) is 27.4 Å². The Morgan fingerprint density at radius 3 is 2.64 bits per heavy atom. The van der Waals surface area contributed by atoms with Gasteiger partial charge >= 0.3 is 6.09 Å². The minimum atomic E-state index is -0.604. The molecule has 6 aromatic rings. The van der Waals surface area contributed by atoms with Crippen LogP contribution in [0.1, 0.15) is 0 Å². The molecule has 176 valence electrons. The maximum atomic E-state index is 13.3. The Morgan fingerprint density at radius 1 is 0.972 bits per heavy atom. The van der Waals surface area contributed by atoms with Crippen molar-refractivity contribution in [1.29, 1.82) is 0 Å². The van der Waals surface area contributed by atoms with E-state index in [1.54, 1.807) is 40.9 Å². The van der Waals surface area contributed by atoms with Crippen molar-refractivity contribution in [3.8, 4) is 17.0 Å². The van der Waals surface area contributed by atoms with Crippen LogP contribution in [0.5, 0.6) is 5.75 Å². The number of ether oxygens (including phenoxy) is 1. The number of aromatic nitrogens is 5. The third-order valence-corrected chi connectivity index (χ3v) is 6.97. The Labute approximate surface area is 211 Å². The average Bonchev–Trinajstić information content (AvgIpc) is 3.47. The molecule has 0 aliphatic heterocycles. The number of nitrogens with one attached hydrogen (secondary N) is 1. The van der Waals surface area contributed by atoms with E-state index in [1.165, 1.54) is 35.2 Å². The van der Waals surface area contributed by atoms with Crippen LogP contribution in [-0.2, 0) is 0 Å². The molecule has 36 heavy (non-hydrogen) atoms. The van der Waals surface area contributed by atoms with E-state index in [2.05, 4.69) is 25.6 Å². The molecule has 11 heteroatoms. The Balaban J connectivity index is 1.22. The lowest BCUT2D eigenvalue weighted by atomic mass is 10.1. The number of nitrogens with zero attached hydrogens (tertiary/aromatic N) is 5. The molecule has 0 spiro atoms. The monoisotopic (exact) mass is 514 g/mol. The van der Waals surface area contributed by atoms with Crippen LogP contribution in [0.3, 0.4) is 0 Å². The summed E-state index contributed by atoms with van der Waals surface area (Å²) >= 11 is 2.75. The van der Waals surface area contributed by atoms with Crippen LogP contribution in [-0.4, -0.2) is 30.9 Å². The minimum absolute atomic E-state index is 0.301. The lowest BCUT2D eigenvalue weighted by Crippen LogP contribution is -2.16. The molecule has 6 rings (SSSR count). The molecule has 3 heterocycles. The summed E-state index contributed by atoms with van der Waals surface area (Å²) < 4.78 is 21.1. The highest BCUT2D eigenvalue weighted by Crippen LogP contribution is 2.33. The van der Waals surface area contributed by atoms with Gasteiger partial charge in [0, 0.05) is 10.5 Å². The molecule has 0 bridgehead atoms. The van der Waals surface area contributed by atoms with Crippen LogP contribution in [0.15, 0.2) is 95.0 Å². The molecule has 3 aromatic heterocycles. The third kappa shape index (κ3) is 4.61. The van der Waals surface area contributed by atoms with Crippen molar-refractivity contribution in [2.45, 2.75) is 10.1 Å². The molecule has 0 atom stereocenters. The summed E-state index contributed by atoms with van der Waals surface area (Å²) in [7, 11) is 0. The van der Waals surface area contributed by atoms with Gasteiger partial charge in [-0.1, -0.05) is 29.5 Å². The number of fused-ring (bicyclic) bond motifs is 2. The van der Waals surface area contributed by atoms with E-state index in [9.17, 15) is 9.18 Å². The van der Waals surface area contributed by atoms with Gasteiger partial charge in [-0.15, -0.1) is 10.2 Å². The SMILES string of the molecule is O=C(Nc1nc2ccc(Sc3nnc4ccc(-c5ccc(F)cc5)nn34)cc2s1)Oc1ccccc1. The quantitative estimate of drug-likeness (QED) is 0.288. The van der Waals surface area contributed by atoms with Crippen LogP contribution in [0.4, 0.5) is 14.3 Å². The predicted molar refractivity (Wildman–Crippen MR) is 136 cm³/mol. The molecule has 0 saturated heterocycles. The number of halogens is 1. The van der Waals surface area contributed by atoms with Gasteiger partial charge in [-0.25, -0.2) is 14.2 Å². The van der Waals surface area contributed by atoms with E-state index in [0.717, 1.165) is 20.7 Å². The van der Waals surface area contributed by atoms with Crippen LogP contribution in [0.25, 0.3) is 27.1 Å². The standard InChI is InChI=1S/C25H15FN6O2S2/c26-16-8-6-15(7-9-16)19-12-13-22-29-30-24(32(22)31-19)35-18-10-11-20-21(14-18)36-23(27-20)28-25(33)34-17-4-2-1-3-5-17/h1-14H,(H,27,28,33). The molecule has 3 aromatic carbocycles. The highest BCUT2D eigenvalue weighted by Gasteiger charge is 2.13. The molecule has 0 fully saturated rings.